The Kier molecular flexibility index (Phi) is 6.94. The summed E-state index contributed by atoms with van der Waals surface area (Å²) in [6, 6.07) is 19.3. The summed E-state index contributed by atoms with van der Waals surface area (Å²) in [7, 11) is 0. The first kappa shape index (κ1) is 20.9. The fourth-order valence-corrected chi connectivity index (χ4v) is 3.41. The quantitative estimate of drug-likeness (QED) is 0.456. The van der Waals surface area contributed by atoms with Crippen molar-refractivity contribution in [2.75, 3.05) is 11.9 Å². The van der Waals surface area contributed by atoms with Gasteiger partial charge in [0.05, 0.1) is 11.1 Å². The lowest BCUT2D eigenvalue weighted by Gasteiger charge is -2.16. The Balaban J connectivity index is 1.82. The highest BCUT2D eigenvalue weighted by Crippen LogP contribution is 2.37. The van der Waals surface area contributed by atoms with Gasteiger partial charge >= 0.3 is 0 Å². The molecule has 3 aromatic rings. The van der Waals surface area contributed by atoms with Crippen LogP contribution in [-0.4, -0.2) is 12.5 Å². The van der Waals surface area contributed by atoms with Crippen molar-refractivity contribution in [1.29, 1.82) is 0 Å². The van der Waals surface area contributed by atoms with E-state index in [0.717, 1.165) is 16.8 Å². The predicted octanol–water partition coefficient (Wildman–Crippen LogP) is 6.30. The summed E-state index contributed by atoms with van der Waals surface area (Å²) in [5.74, 6) is 0.912. The van der Waals surface area contributed by atoms with Gasteiger partial charge in [-0.2, -0.15) is 0 Å². The average Bonchev–Trinajstić information content (AvgIpc) is 2.70. The molecule has 0 spiro atoms. The third kappa shape index (κ3) is 5.39. The molecule has 3 rings (SSSR count). The van der Waals surface area contributed by atoms with E-state index < -0.39 is 0 Å². The highest BCUT2D eigenvalue weighted by atomic mass is 79.9. The van der Waals surface area contributed by atoms with Crippen molar-refractivity contribution in [2.24, 2.45) is 0 Å². The lowest BCUT2D eigenvalue weighted by atomic mass is 10.1. The van der Waals surface area contributed by atoms with E-state index in [1.54, 1.807) is 12.1 Å². The highest BCUT2D eigenvalue weighted by molar-refractivity contribution is 9.10. The zero-order valence-corrected chi connectivity index (χ0v) is 18.4. The minimum absolute atomic E-state index is 0.203. The van der Waals surface area contributed by atoms with Crippen LogP contribution in [-0.2, 0) is 6.61 Å². The first-order chi connectivity index (χ1) is 14.0. The monoisotopic (exact) mass is 453 g/mol. The standard InChI is InChI=1S/C24H24BrNO3/c1-4-28-22-14-19(24(27)26-21-8-6-5-7-17(21)3)13-20(25)23(22)29-15-18-11-9-16(2)10-12-18/h5-14H,4,15H2,1-3H3,(H,26,27). The zero-order chi connectivity index (χ0) is 20.8. The summed E-state index contributed by atoms with van der Waals surface area (Å²) in [5, 5.41) is 2.95. The van der Waals surface area contributed by atoms with E-state index in [1.165, 1.54) is 5.56 Å². The van der Waals surface area contributed by atoms with E-state index in [2.05, 4.69) is 40.3 Å². The van der Waals surface area contributed by atoms with Crippen molar-refractivity contribution in [2.45, 2.75) is 27.4 Å². The van der Waals surface area contributed by atoms with Gasteiger partial charge in [-0.05, 0) is 66.0 Å². The van der Waals surface area contributed by atoms with E-state index in [9.17, 15) is 4.79 Å². The summed E-state index contributed by atoms with van der Waals surface area (Å²) < 4.78 is 12.4. The van der Waals surface area contributed by atoms with Crippen molar-refractivity contribution in [1.82, 2.24) is 0 Å². The maximum atomic E-state index is 12.8. The number of carbonyl (C=O) groups is 1. The van der Waals surface area contributed by atoms with Crippen LogP contribution >= 0.6 is 15.9 Å². The van der Waals surface area contributed by atoms with Gasteiger partial charge in [0.2, 0.25) is 0 Å². The molecule has 0 aromatic heterocycles. The number of carbonyl (C=O) groups excluding carboxylic acids is 1. The molecule has 0 radical (unpaired) electrons. The van der Waals surface area contributed by atoms with Crippen LogP contribution in [0.25, 0.3) is 0 Å². The van der Waals surface area contributed by atoms with E-state index in [4.69, 9.17) is 9.47 Å². The van der Waals surface area contributed by atoms with Crippen LogP contribution in [0.2, 0.25) is 0 Å². The van der Waals surface area contributed by atoms with Crippen molar-refractivity contribution in [3.8, 4) is 11.5 Å². The second-order valence-corrected chi connectivity index (χ2v) is 7.62. The largest absolute Gasteiger partial charge is 0.490 e. The van der Waals surface area contributed by atoms with E-state index in [-0.39, 0.29) is 5.91 Å². The topological polar surface area (TPSA) is 47.6 Å². The van der Waals surface area contributed by atoms with Gasteiger partial charge in [-0.3, -0.25) is 4.79 Å². The number of hydrogen-bond donors (Lipinski definition) is 1. The van der Waals surface area contributed by atoms with E-state index in [0.29, 0.717) is 34.7 Å². The van der Waals surface area contributed by atoms with E-state index in [1.807, 2.05) is 50.2 Å². The molecule has 0 saturated heterocycles. The number of hydrogen-bond acceptors (Lipinski definition) is 3. The summed E-state index contributed by atoms with van der Waals surface area (Å²) in [4.78, 5) is 12.8. The highest BCUT2D eigenvalue weighted by Gasteiger charge is 2.17. The molecule has 0 aliphatic rings. The molecule has 150 valence electrons. The predicted molar refractivity (Wildman–Crippen MR) is 120 cm³/mol. The molecule has 29 heavy (non-hydrogen) atoms. The number of amides is 1. The molecule has 0 bridgehead atoms. The number of aryl methyl sites for hydroxylation is 2. The fourth-order valence-electron chi connectivity index (χ4n) is 2.85. The molecule has 0 fully saturated rings. The fraction of sp³-hybridized carbons (Fsp3) is 0.208. The zero-order valence-electron chi connectivity index (χ0n) is 16.8. The molecular weight excluding hydrogens is 430 g/mol. The average molecular weight is 454 g/mol. The van der Waals surface area contributed by atoms with Crippen LogP contribution in [0.4, 0.5) is 5.69 Å². The Morgan fingerprint density at radius 3 is 2.41 bits per heavy atom. The second-order valence-electron chi connectivity index (χ2n) is 6.76. The molecule has 0 unspecified atom stereocenters. The molecule has 1 amide bonds. The molecule has 0 aliphatic carbocycles. The van der Waals surface area contributed by atoms with Crippen molar-refractivity contribution in [3.05, 3.63) is 87.4 Å². The normalized spacial score (nSPS) is 10.5. The lowest BCUT2D eigenvalue weighted by Crippen LogP contribution is -2.13. The van der Waals surface area contributed by atoms with Crippen LogP contribution in [0.5, 0.6) is 11.5 Å². The molecule has 5 heteroatoms. The maximum absolute atomic E-state index is 12.8. The first-order valence-corrected chi connectivity index (χ1v) is 10.3. The van der Waals surface area contributed by atoms with Gasteiger partial charge < -0.3 is 14.8 Å². The molecule has 4 nitrogen and oxygen atoms in total. The van der Waals surface area contributed by atoms with Crippen molar-refractivity contribution in [3.63, 3.8) is 0 Å². The van der Waals surface area contributed by atoms with Crippen molar-refractivity contribution >= 4 is 27.5 Å². The van der Waals surface area contributed by atoms with Crippen LogP contribution < -0.4 is 14.8 Å². The Labute approximate surface area is 180 Å². The summed E-state index contributed by atoms with van der Waals surface area (Å²) >= 11 is 3.54. The van der Waals surface area contributed by atoms with E-state index >= 15 is 0 Å². The molecule has 0 aliphatic heterocycles. The van der Waals surface area contributed by atoms with Gasteiger partial charge in [0.15, 0.2) is 11.5 Å². The number of halogens is 1. The second kappa shape index (κ2) is 9.61. The number of rotatable bonds is 7. The van der Waals surface area contributed by atoms with Crippen molar-refractivity contribution < 1.29 is 14.3 Å². The summed E-state index contributed by atoms with van der Waals surface area (Å²) in [6.45, 7) is 6.79. The molecule has 0 heterocycles. The van der Waals surface area contributed by atoms with Gasteiger partial charge in [0, 0.05) is 11.3 Å². The Hall–Kier alpha value is -2.79. The molecular formula is C24H24BrNO3. The summed E-state index contributed by atoms with van der Waals surface area (Å²) in [6.07, 6.45) is 0. The SMILES string of the molecule is CCOc1cc(C(=O)Nc2ccccc2C)cc(Br)c1OCc1ccc(C)cc1. The minimum atomic E-state index is -0.203. The van der Waals surface area contributed by atoms with Gasteiger partial charge in [-0.15, -0.1) is 0 Å². The number of para-hydroxylation sites is 1. The van der Waals surface area contributed by atoms with Gasteiger partial charge in [-0.1, -0.05) is 48.0 Å². The Morgan fingerprint density at radius 1 is 1.00 bits per heavy atom. The number of ether oxygens (including phenoxy) is 2. The van der Waals surface area contributed by atoms with Crippen LogP contribution in [0.3, 0.4) is 0 Å². The molecule has 0 atom stereocenters. The number of nitrogens with one attached hydrogen (secondary N) is 1. The third-order valence-electron chi connectivity index (χ3n) is 4.47. The van der Waals surface area contributed by atoms with Crippen LogP contribution in [0.1, 0.15) is 34.0 Å². The summed E-state index contributed by atoms with van der Waals surface area (Å²) in [5.41, 5.74) is 4.54. The van der Waals surface area contributed by atoms with Gasteiger partial charge in [-0.25, -0.2) is 0 Å². The molecule has 1 N–H and O–H groups in total. The van der Waals surface area contributed by atoms with Crippen LogP contribution in [0, 0.1) is 13.8 Å². The smallest absolute Gasteiger partial charge is 0.255 e. The molecule has 0 saturated carbocycles. The Bertz CT molecular complexity index is 1000. The molecule has 3 aromatic carbocycles. The first-order valence-electron chi connectivity index (χ1n) is 9.49. The van der Waals surface area contributed by atoms with Gasteiger partial charge in [0.25, 0.3) is 5.91 Å². The van der Waals surface area contributed by atoms with Gasteiger partial charge in [0.1, 0.15) is 6.61 Å². The minimum Gasteiger partial charge on any atom is -0.490 e. The number of anilines is 1. The maximum Gasteiger partial charge on any atom is 0.255 e. The van der Waals surface area contributed by atoms with Crippen LogP contribution in [0.15, 0.2) is 65.1 Å². The third-order valence-corrected chi connectivity index (χ3v) is 5.06. The Morgan fingerprint density at radius 2 is 1.72 bits per heavy atom. The lowest BCUT2D eigenvalue weighted by molar-refractivity contribution is 0.102. The number of benzene rings is 3.